The zero-order valence-corrected chi connectivity index (χ0v) is 24.9. The number of rotatable bonds is 10. The molecule has 0 aromatic carbocycles. The molecule has 0 spiro atoms. The van der Waals surface area contributed by atoms with Gasteiger partial charge in [-0.25, -0.2) is 4.98 Å². The summed E-state index contributed by atoms with van der Waals surface area (Å²) in [5, 5.41) is 31.6. The Kier molecular flexibility index (Phi) is 8.94. The number of aromatic nitrogens is 1. The molecule has 1 aromatic rings. The lowest BCUT2D eigenvalue weighted by Crippen LogP contribution is -2.35. The number of hydrogen-bond acceptors (Lipinski definition) is 5. The molecular formula is C35H51NO4. The molecule has 0 unspecified atom stereocenters. The van der Waals surface area contributed by atoms with E-state index in [0.717, 1.165) is 49.0 Å². The number of oxazole rings is 1. The van der Waals surface area contributed by atoms with Crippen molar-refractivity contribution in [2.75, 3.05) is 0 Å². The van der Waals surface area contributed by atoms with Gasteiger partial charge in [-0.15, -0.1) is 0 Å². The van der Waals surface area contributed by atoms with Gasteiger partial charge in [0.05, 0.1) is 29.9 Å². The Balaban J connectivity index is 1.24. The zero-order valence-electron chi connectivity index (χ0n) is 24.9. The number of fused-ring (bicyclic) bond motifs is 1. The second-order valence-corrected chi connectivity index (χ2v) is 13.6. The molecule has 1 heterocycles. The van der Waals surface area contributed by atoms with Crippen LogP contribution in [0.1, 0.15) is 109 Å². The molecule has 4 fully saturated rings. The summed E-state index contributed by atoms with van der Waals surface area (Å²) in [6.45, 7) is 11.1. The second-order valence-electron chi connectivity index (χ2n) is 13.6. The number of aliphatic hydroxyl groups is 3. The summed E-state index contributed by atoms with van der Waals surface area (Å²) in [5.41, 5.74) is 3.15. The SMILES string of the molecule is C=C1C(=CC=C2CCC[C@]3(C)[C@@H]([C@@H](C)C=C[C@@H](O)C4(c5ncc(CCCCC)o5)CC4)CC[C@@H]23)C[C@@H](O)C[C@@H]1O. The van der Waals surface area contributed by atoms with Gasteiger partial charge in [-0.2, -0.15) is 0 Å². The van der Waals surface area contributed by atoms with Crippen molar-refractivity contribution in [2.24, 2.45) is 23.2 Å². The third-order valence-corrected chi connectivity index (χ3v) is 10.9. The van der Waals surface area contributed by atoms with E-state index in [0.29, 0.717) is 36.5 Å². The molecule has 3 N–H and O–H groups in total. The number of hydrogen-bond donors (Lipinski definition) is 3. The lowest BCUT2D eigenvalue weighted by Gasteiger charge is -2.44. The van der Waals surface area contributed by atoms with E-state index < -0.39 is 18.3 Å². The Hall–Kier alpha value is -1.95. The highest BCUT2D eigenvalue weighted by atomic mass is 16.4. The first-order chi connectivity index (χ1) is 19.2. The fraction of sp³-hybridized carbons (Fsp3) is 0.686. The van der Waals surface area contributed by atoms with Crippen molar-refractivity contribution in [3.05, 3.63) is 65.5 Å². The van der Waals surface area contributed by atoms with Crippen molar-refractivity contribution in [1.29, 1.82) is 0 Å². The molecule has 220 valence electrons. The topological polar surface area (TPSA) is 86.7 Å². The number of allylic oxidation sites excluding steroid dienone is 4. The van der Waals surface area contributed by atoms with E-state index in [4.69, 9.17) is 4.42 Å². The standard InChI is InChI=1S/C35H51NO4/c1-5-6-7-10-28-22-36-33(40-28)35(18-19-35)32(39)16-11-23(2)29-14-15-30-25(9-8-17-34(29,30)4)12-13-26-20-27(37)21-31(38)24(26)3/h11-13,16,22-23,27,29-32,37-39H,3,5-10,14-15,17-21H2,1-2,4H3/t23-,27+,29+,30-,31-,32+,34+/m0/s1. The van der Waals surface area contributed by atoms with Gasteiger partial charge in [-0.3, -0.25) is 0 Å². The first-order valence-corrected chi connectivity index (χ1v) is 15.9. The maximum atomic E-state index is 11.3. The van der Waals surface area contributed by atoms with Gasteiger partial charge in [-0.05, 0) is 92.1 Å². The molecule has 5 rings (SSSR count). The van der Waals surface area contributed by atoms with Crippen LogP contribution in [0.3, 0.4) is 0 Å². The Labute approximate surface area is 241 Å². The number of nitrogens with zero attached hydrogens (tertiary/aromatic N) is 1. The molecular weight excluding hydrogens is 498 g/mol. The highest BCUT2D eigenvalue weighted by Gasteiger charge is 2.54. The van der Waals surface area contributed by atoms with Crippen LogP contribution in [0.25, 0.3) is 0 Å². The van der Waals surface area contributed by atoms with Crippen LogP contribution in [-0.2, 0) is 11.8 Å². The monoisotopic (exact) mass is 549 g/mol. The normalized spacial score (nSPS) is 35.4. The minimum atomic E-state index is -0.643. The number of aliphatic hydroxyl groups excluding tert-OH is 3. The van der Waals surface area contributed by atoms with Crippen LogP contribution in [0.5, 0.6) is 0 Å². The molecule has 0 bridgehead atoms. The Bertz CT molecular complexity index is 1140. The van der Waals surface area contributed by atoms with Crippen LogP contribution in [0, 0.1) is 23.2 Å². The van der Waals surface area contributed by atoms with Gasteiger partial charge in [0, 0.05) is 12.8 Å². The lowest BCUT2D eigenvalue weighted by atomic mass is 9.61. The fourth-order valence-electron chi connectivity index (χ4n) is 8.18. The van der Waals surface area contributed by atoms with E-state index >= 15 is 0 Å². The molecule has 5 nitrogen and oxygen atoms in total. The maximum Gasteiger partial charge on any atom is 0.203 e. The van der Waals surface area contributed by atoms with E-state index in [9.17, 15) is 15.3 Å². The summed E-state index contributed by atoms with van der Waals surface area (Å²) in [7, 11) is 0. The van der Waals surface area contributed by atoms with Gasteiger partial charge in [0.25, 0.3) is 0 Å². The molecule has 0 saturated heterocycles. The molecule has 4 aliphatic carbocycles. The van der Waals surface area contributed by atoms with Crippen LogP contribution in [0.4, 0.5) is 0 Å². The summed E-state index contributed by atoms with van der Waals surface area (Å²) in [6.07, 6.45) is 22.1. The maximum absolute atomic E-state index is 11.3. The van der Waals surface area contributed by atoms with Gasteiger partial charge in [0.1, 0.15) is 5.76 Å². The van der Waals surface area contributed by atoms with E-state index in [-0.39, 0.29) is 10.8 Å². The molecule has 7 atom stereocenters. The highest BCUT2D eigenvalue weighted by molar-refractivity contribution is 5.38. The summed E-state index contributed by atoms with van der Waals surface area (Å²) in [6, 6.07) is 0. The number of unbranched alkanes of at least 4 members (excludes halogenated alkanes) is 2. The minimum absolute atomic E-state index is 0.243. The molecule has 4 aliphatic rings. The fourth-order valence-corrected chi connectivity index (χ4v) is 8.18. The van der Waals surface area contributed by atoms with E-state index in [1.54, 1.807) is 0 Å². The van der Waals surface area contributed by atoms with Crippen molar-refractivity contribution in [3.63, 3.8) is 0 Å². The third-order valence-electron chi connectivity index (χ3n) is 10.9. The van der Waals surface area contributed by atoms with Crippen molar-refractivity contribution < 1.29 is 19.7 Å². The Morgan fingerprint density at radius 1 is 1.15 bits per heavy atom. The van der Waals surface area contributed by atoms with Gasteiger partial charge in [0.2, 0.25) is 5.89 Å². The van der Waals surface area contributed by atoms with Crippen LogP contribution >= 0.6 is 0 Å². The summed E-state index contributed by atoms with van der Waals surface area (Å²) in [5.74, 6) is 3.18. The van der Waals surface area contributed by atoms with Crippen molar-refractivity contribution >= 4 is 0 Å². The first-order valence-electron chi connectivity index (χ1n) is 15.9. The molecule has 4 saturated carbocycles. The second kappa shape index (κ2) is 12.1. The molecule has 5 heteroatoms. The van der Waals surface area contributed by atoms with E-state index in [1.165, 1.54) is 44.1 Å². The summed E-state index contributed by atoms with van der Waals surface area (Å²) in [4.78, 5) is 4.59. The average molecular weight is 550 g/mol. The molecule has 1 aromatic heterocycles. The Morgan fingerprint density at radius 2 is 1.95 bits per heavy atom. The third kappa shape index (κ3) is 5.84. The van der Waals surface area contributed by atoms with E-state index in [2.05, 4.69) is 50.6 Å². The van der Waals surface area contributed by atoms with Crippen LogP contribution in [0.15, 0.2) is 58.2 Å². The van der Waals surface area contributed by atoms with Crippen molar-refractivity contribution in [1.82, 2.24) is 4.98 Å². The Morgan fingerprint density at radius 3 is 2.70 bits per heavy atom. The molecule has 40 heavy (non-hydrogen) atoms. The van der Waals surface area contributed by atoms with Gasteiger partial charge in [0.15, 0.2) is 0 Å². The minimum Gasteiger partial charge on any atom is -0.445 e. The van der Waals surface area contributed by atoms with Gasteiger partial charge < -0.3 is 19.7 Å². The molecule has 0 amide bonds. The lowest BCUT2D eigenvalue weighted by molar-refractivity contribution is 0.0862. The highest BCUT2D eigenvalue weighted by Crippen LogP contribution is 2.60. The molecule has 0 radical (unpaired) electrons. The molecule has 0 aliphatic heterocycles. The van der Waals surface area contributed by atoms with E-state index in [1.807, 2.05) is 12.3 Å². The van der Waals surface area contributed by atoms with Crippen LogP contribution in [-0.4, -0.2) is 38.6 Å². The predicted octanol–water partition coefficient (Wildman–Crippen LogP) is 7.13. The van der Waals surface area contributed by atoms with Gasteiger partial charge >= 0.3 is 0 Å². The largest absolute Gasteiger partial charge is 0.445 e. The van der Waals surface area contributed by atoms with Crippen molar-refractivity contribution in [2.45, 2.75) is 128 Å². The van der Waals surface area contributed by atoms with Gasteiger partial charge in [-0.1, -0.05) is 70.1 Å². The predicted molar refractivity (Wildman–Crippen MR) is 160 cm³/mol. The number of aryl methyl sites for hydroxylation is 1. The zero-order chi connectivity index (χ0) is 28.5. The average Bonchev–Trinajstić information content (AvgIpc) is 3.46. The summed E-state index contributed by atoms with van der Waals surface area (Å²) >= 11 is 0. The summed E-state index contributed by atoms with van der Waals surface area (Å²) < 4.78 is 6.12. The van der Waals surface area contributed by atoms with Crippen LogP contribution < -0.4 is 0 Å². The van der Waals surface area contributed by atoms with Crippen LogP contribution in [0.2, 0.25) is 0 Å². The first kappa shape index (κ1) is 29.5. The van der Waals surface area contributed by atoms with Crippen molar-refractivity contribution in [3.8, 4) is 0 Å². The smallest absolute Gasteiger partial charge is 0.203 e. The quantitative estimate of drug-likeness (QED) is 0.213.